The minimum absolute atomic E-state index is 0.0178. The molecule has 2 heterocycles. The summed E-state index contributed by atoms with van der Waals surface area (Å²) in [5.74, 6) is -0.496. The molecule has 3 aromatic rings. The molecule has 1 atom stereocenters. The Morgan fingerprint density at radius 1 is 1.19 bits per heavy atom. The molecular weight excluding hydrogens is 408 g/mol. The van der Waals surface area contributed by atoms with Crippen molar-refractivity contribution >= 4 is 29.5 Å². The van der Waals surface area contributed by atoms with E-state index in [1.54, 1.807) is 35.0 Å². The van der Waals surface area contributed by atoms with Crippen molar-refractivity contribution in [3.8, 4) is 5.75 Å². The lowest BCUT2D eigenvalue weighted by molar-refractivity contribution is -0.132. The summed E-state index contributed by atoms with van der Waals surface area (Å²) >= 11 is 0. The molecule has 0 fully saturated rings. The maximum absolute atomic E-state index is 12.9. The average Bonchev–Trinajstić information content (AvgIpc) is 3.24. The topological polar surface area (TPSA) is 105 Å². The Hall–Kier alpha value is -4.33. The summed E-state index contributed by atoms with van der Waals surface area (Å²) in [7, 11) is 0. The van der Waals surface area contributed by atoms with Crippen molar-refractivity contribution in [3.05, 3.63) is 89.8 Å². The van der Waals surface area contributed by atoms with E-state index in [0.29, 0.717) is 23.9 Å². The number of benzene rings is 2. The minimum atomic E-state index is -1.12. The zero-order valence-corrected chi connectivity index (χ0v) is 17.4. The predicted molar refractivity (Wildman–Crippen MR) is 122 cm³/mol. The molecule has 0 saturated carbocycles. The van der Waals surface area contributed by atoms with E-state index in [1.807, 2.05) is 49.4 Å². The molecule has 1 aromatic heterocycles. The van der Waals surface area contributed by atoms with Gasteiger partial charge in [0.2, 0.25) is 0 Å². The fraction of sp³-hybridized carbons (Fsp3) is 0.125. The van der Waals surface area contributed by atoms with Gasteiger partial charge in [0, 0.05) is 5.69 Å². The highest BCUT2D eigenvalue weighted by Crippen LogP contribution is 2.30. The zero-order valence-electron chi connectivity index (χ0n) is 17.4. The first-order chi connectivity index (χ1) is 15.5. The van der Waals surface area contributed by atoms with Crippen LogP contribution in [0.25, 0.3) is 6.08 Å². The zero-order chi connectivity index (χ0) is 22.5. The Labute approximate surface area is 184 Å². The summed E-state index contributed by atoms with van der Waals surface area (Å²) in [6.45, 7) is 2.45. The van der Waals surface area contributed by atoms with Crippen LogP contribution in [0.5, 0.6) is 5.75 Å². The van der Waals surface area contributed by atoms with Crippen molar-refractivity contribution in [2.45, 2.75) is 13.0 Å². The van der Waals surface area contributed by atoms with Crippen LogP contribution in [0.15, 0.2) is 78.6 Å². The summed E-state index contributed by atoms with van der Waals surface area (Å²) < 4.78 is 6.99. The number of nitrogens with zero attached hydrogens (tertiary/aromatic N) is 2. The Balaban J connectivity index is 1.59. The second-order valence-electron chi connectivity index (χ2n) is 7.03. The van der Waals surface area contributed by atoms with E-state index in [1.165, 1.54) is 6.20 Å². The molecule has 162 valence electrons. The first-order valence-electron chi connectivity index (χ1n) is 10.1. The van der Waals surface area contributed by atoms with E-state index in [0.717, 1.165) is 5.56 Å². The van der Waals surface area contributed by atoms with E-state index in [4.69, 9.17) is 4.74 Å². The van der Waals surface area contributed by atoms with Gasteiger partial charge in [-0.25, -0.2) is 9.48 Å². The fourth-order valence-corrected chi connectivity index (χ4v) is 3.32. The van der Waals surface area contributed by atoms with Crippen LogP contribution < -0.4 is 15.4 Å². The summed E-state index contributed by atoms with van der Waals surface area (Å²) in [4.78, 5) is 24.6. The molecule has 3 N–H and O–H groups in total. The van der Waals surface area contributed by atoms with Crippen molar-refractivity contribution in [1.29, 1.82) is 0 Å². The predicted octanol–water partition coefficient (Wildman–Crippen LogP) is 4.18. The van der Waals surface area contributed by atoms with E-state index in [2.05, 4.69) is 15.7 Å². The van der Waals surface area contributed by atoms with E-state index in [9.17, 15) is 14.7 Å². The molecule has 32 heavy (non-hydrogen) atoms. The number of carboxylic acid groups (broad SMARTS) is 1. The summed E-state index contributed by atoms with van der Waals surface area (Å²) in [6.07, 6.45) is 6.70. The third kappa shape index (κ3) is 4.54. The molecule has 0 aliphatic carbocycles. The molecule has 0 radical (unpaired) electrons. The number of carbonyl (C=O) groups is 2. The van der Waals surface area contributed by atoms with Gasteiger partial charge < -0.3 is 20.5 Å². The van der Waals surface area contributed by atoms with Gasteiger partial charge in [-0.3, -0.25) is 4.79 Å². The Morgan fingerprint density at radius 2 is 1.94 bits per heavy atom. The van der Waals surface area contributed by atoms with Gasteiger partial charge in [-0.05, 0) is 42.8 Å². The molecule has 4 rings (SSSR count). The lowest BCUT2D eigenvalue weighted by atomic mass is 10.1. The highest BCUT2D eigenvalue weighted by Gasteiger charge is 2.27. The Kier molecular flexibility index (Phi) is 6.03. The fourth-order valence-electron chi connectivity index (χ4n) is 3.32. The van der Waals surface area contributed by atoms with Crippen molar-refractivity contribution in [3.63, 3.8) is 0 Å². The number of fused-ring (bicyclic) bond motifs is 1. The summed E-state index contributed by atoms with van der Waals surface area (Å²) in [5.41, 5.74) is 1.78. The largest absolute Gasteiger partial charge is 0.494 e. The van der Waals surface area contributed by atoms with Crippen molar-refractivity contribution < 1.29 is 19.4 Å². The van der Waals surface area contributed by atoms with Gasteiger partial charge in [-0.2, -0.15) is 5.10 Å². The number of ether oxygens (including phenoxy) is 1. The lowest BCUT2D eigenvalue weighted by Gasteiger charge is -2.22. The maximum atomic E-state index is 12.9. The first-order valence-corrected chi connectivity index (χ1v) is 10.1. The Morgan fingerprint density at radius 3 is 2.62 bits per heavy atom. The third-order valence-electron chi connectivity index (χ3n) is 4.85. The molecular formula is C24H22N4O4. The van der Waals surface area contributed by atoms with Crippen LogP contribution >= 0.6 is 0 Å². The van der Waals surface area contributed by atoms with Gasteiger partial charge in [0.15, 0.2) is 0 Å². The molecule has 0 saturated heterocycles. The van der Waals surface area contributed by atoms with Crippen LogP contribution in [0.1, 0.15) is 28.9 Å². The number of amides is 1. The number of carboxylic acids is 1. The monoisotopic (exact) mass is 430 g/mol. The number of anilines is 2. The molecule has 0 spiro atoms. The van der Waals surface area contributed by atoms with Gasteiger partial charge in [-0.1, -0.05) is 42.5 Å². The molecule has 1 amide bonds. The van der Waals surface area contributed by atoms with E-state index in [-0.39, 0.29) is 11.3 Å². The molecule has 2 aromatic carbocycles. The SMILES string of the molecule is CCOc1ccc(NC(=O)c2cnn3c2NC(C(=O)O)=CC3C=Cc2ccccc2)cc1. The van der Waals surface area contributed by atoms with E-state index < -0.39 is 17.9 Å². The second-order valence-corrected chi connectivity index (χ2v) is 7.03. The van der Waals surface area contributed by atoms with Gasteiger partial charge in [0.1, 0.15) is 22.8 Å². The van der Waals surface area contributed by atoms with Crippen LogP contribution in [0.2, 0.25) is 0 Å². The van der Waals surface area contributed by atoms with Gasteiger partial charge in [0.05, 0.1) is 18.8 Å². The summed E-state index contributed by atoms with van der Waals surface area (Å²) in [6, 6.07) is 16.2. The van der Waals surface area contributed by atoms with Gasteiger partial charge >= 0.3 is 5.97 Å². The Bertz CT molecular complexity index is 1180. The van der Waals surface area contributed by atoms with Crippen LogP contribution in [-0.2, 0) is 4.79 Å². The van der Waals surface area contributed by atoms with Crippen LogP contribution in [-0.4, -0.2) is 33.4 Å². The number of hydrogen-bond acceptors (Lipinski definition) is 5. The highest BCUT2D eigenvalue weighted by atomic mass is 16.5. The number of carbonyl (C=O) groups excluding carboxylic acids is 1. The third-order valence-corrected chi connectivity index (χ3v) is 4.85. The van der Waals surface area contributed by atoms with Crippen molar-refractivity contribution in [2.24, 2.45) is 0 Å². The number of hydrogen-bond donors (Lipinski definition) is 3. The standard InChI is InChI=1S/C24H22N4O4/c1-2-32-19-12-9-17(10-13-19)26-23(29)20-15-25-28-18(11-8-16-6-4-3-5-7-16)14-21(24(30)31)27-22(20)28/h3-15,18,27H,2H2,1H3,(H,26,29)(H,30,31). The minimum Gasteiger partial charge on any atom is -0.494 e. The normalized spacial score (nSPS) is 14.9. The number of rotatable bonds is 7. The quantitative estimate of drug-likeness (QED) is 0.519. The van der Waals surface area contributed by atoms with Gasteiger partial charge in [-0.15, -0.1) is 0 Å². The number of nitrogens with one attached hydrogen (secondary N) is 2. The van der Waals surface area contributed by atoms with Crippen LogP contribution in [0.3, 0.4) is 0 Å². The molecule has 0 bridgehead atoms. The van der Waals surface area contributed by atoms with Crippen molar-refractivity contribution in [2.75, 3.05) is 17.2 Å². The van der Waals surface area contributed by atoms with Gasteiger partial charge in [0.25, 0.3) is 5.91 Å². The molecule has 8 nitrogen and oxygen atoms in total. The molecule has 1 unspecified atom stereocenters. The molecule has 1 aliphatic heterocycles. The number of aliphatic carboxylic acids is 1. The number of allylic oxidation sites excluding steroid dienone is 2. The average molecular weight is 430 g/mol. The van der Waals surface area contributed by atoms with Crippen LogP contribution in [0.4, 0.5) is 11.5 Å². The van der Waals surface area contributed by atoms with Crippen molar-refractivity contribution in [1.82, 2.24) is 9.78 Å². The second kappa shape index (κ2) is 9.22. The lowest BCUT2D eigenvalue weighted by Crippen LogP contribution is -2.24. The molecule has 1 aliphatic rings. The smallest absolute Gasteiger partial charge is 0.352 e. The number of aromatic nitrogens is 2. The highest BCUT2D eigenvalue weighted by molar-refractivity contribution is 6.08. The summed E-state index contributed by atoms with van der Waals surface area (Å²) in [5, 5.41) is 19.5. The first kappa shape index (κ1) is 20.9. The molecule has 8 heteroatoms. The van der Waals surface area contributed by atoms with Crippen LogP contribution in [0, 0.1) is 0 Å². The maximum Gasteiger partial charge on any atom is 0.352 e. The van der Waals surface area contributed by atoms with E-state index >= 15 is 0 Å².